The summed E-state index contributed by atoms with van der Waals surface area (Å²) in [7, 11) is 1.28. The molecular formula is C8H6NNiO3Pr2-. The maximum Gasteiger partial charge on any atom is 0.337 e. The third kappa shape index (κ3) is 7.44. The van der Waals surface area contributed by atoms with Gasteiger partial charge in [0.2, 0.25) is 0 Å². The van der Waals surface area contributed by atoms with Gasteiger partial charge in [-0.1, -0.05) is 5.69 Å². The zero-order valence-corrected chi connectivity index (χ0v) is 16.3. The molecule has 7 heteroatoms. The first-order valence-electron chi connectivity index (χ1n) is 3.20. The second-order valence-corrected chi connectivity index (χ2v) is 2.03. The number of carbonyl (C=O) groups is 1. The predicted molar refractivity (Wildman–Crippen MR) is 40.4 cm³/mol. The van der Waals surface area contributed by atoms with Gasteiger partial charge in [-0.05, 0) is 0 Å². The van der Waals surface area contributed by atoms with E-state index in [0.717, 1.165) is 0 Å². The molecule has 0 aliphatic rings. The van der Waals surface area contributed by atoms with E-state index >= 15 is 0 Å². The molecule has 0 unspecified atom stereocenters. The van der Waals surface area contributed by atoms with E-state index in [1.807, 2.05) is 0 Å². The van der Waals surface area contributed by atoms with Crippen LogP contribution in [0.2, 0.25) is 0 Å². The van der Waals surface area contributed by atoms with E-state index < -0.39 is 5.97 Å². The number of aromatic nitrogens is 1. The molecular weight excluding hydrogens is 499 g/mol. The van der Waals surface area contributed by atoms with E-state index in [1.165, 1.54) is 25.4 Å². The number of rotatable bonds is 2. The fraction of sp³-hybridized carbons (Fsp3) is 0.125. The minimum Gasteiger partial charge on any atom is -0.465 e. The van der Waals surface area contributed by atoms with Gasteiger partial charge in [0.05, 0.1) is 12.7 Å². The van der Waals surface area contributed by atoms with Crippen LogP contribution in [-0.4, -0.2) is 24.3 Å². The number of nitrogens with zero attached hydrogens (tertiary/aromatic N) is 1. The summed E-state index contributed by atoms with van der Waals surface area (Å²) in [5.74, 6) is -0.472. The summed E-state index contributed by atoms with van der Waals surface area (Å²) < 4.78 is 4.43. The Labute approximate surface area is 164 Å². The van der Waals surface area contributed by atoms with Gasteiger partial charge in [0.1, 0.15) is 0 Å². The van der Waals surface area contributed by atoms with Crippen LogP contribution >= 0.6 is 0 Å². The average Bonchev–Trinajstić information content (AvgIpc) is 2.17. The molecule has 1 heterocycles. The van der Waals surface area contributed by atoms with Crippen molar-refractivity contribution in [3.8, 4) is 0 Å². The Morgan fingerprint density at radius 3 is 2.33 bits per heavy atom. The van der Waals surface area contributed by atoms with E-state index in [4.69, 9.17) is 0 Å². The van der Waals surface area contributed by atoms with E-state index in [-0.39, 0.29) is 105 Å². The smallest absolute Gasteiger partial charge is 0.337 e. The summed E-state index contributed by atoms with van der Waals surface area (Å²) in [5, 5.41) is 0. The van der Waals surface area contributed by atoms with E-state index in [2.05, 4.69) is 9.72 Å². The summed E-state index contributed by atoms with van der Waals surface area (Å²) in [6.07, 6.45) is 2.87. The summed E-state index contributed by atoms with van der Waals surface area (Å²) in [6, 6.07) is 2.86. The molecule has 0 amide bonds. The third-order valence-corrected chi connectivity index (χ3v) is 1.29. The molecule has 0 saturated carbocycles. The van der Waals surface area contributed by atoms with Gasteiger partial charge in [-0.2, -0.15) is 6.07 Å². The monoisotopic (exact) mass is 504 g/mol. The van der Waals surface area contributed by atoms with Gasteiger partial charge in [-0.15, -0.1) is 6.07 Å². The Morgan fingerprint density at radius 2 is 2.00 bits per heavy atom. The number of ether oxygens (including phenoxy) is 1. The minimum atomic E-state index is -0.472. The molecule has 0 N–H and O–H groups in total. The molecule has 1 aromatic rings. The van der Waals surface area contributed by atoms with Gasteiger partial charge in [0.25, 0.3) is 0 Å². The molecule has 0 atom stereocenters. The topological polar surface area (TPSA) is 56.3 Å². The number of methoxy groups -OCH3 is 1. The maximum atomic E-state index is 10.9. The quantitative estimate of drug-likeness (QED) is 0.331. The molecule has 1 rings (SSSR count). The Hall–Kier alpha value is 1.51. The van der Waals surface area contributed by atoms with Crippen molar-refractivity contribution in [2.24, 2.45) is 0 Å². The molecule has 2 radical (unpaired) electrons. The van der Waals surface area contributed by atoms with Crippen molar-refractivity contribution in [1.29, 1.82) is 0 Å². The Bertz CT molecular complexity index is 305. The van der Waals surface area contributed by atoms with E-state index in [1.54, 1.807) is 6.29 Å². The SMILES string of the molecule is COC(=O)c1ccc([C-]=O)nc1.[Ni].[Pr].[Pr]. The summed E-state index contributed by atoms with van der Waals surface area (Å²) in [5.41, 5.74) is 0.485. The van der Waals surface area contributed by atoms with Crippen molar-refractivity contribution in [2.45, 2.75) is 0 Å². The van der Waals surface area contributed by atoms with Crippen molar-refractivity contribution in [3.63, 3.8) is 0 Å². The first-order chi connectivity index (χ1) is 5.77. The third-order valence-electron chi connectivity index (χ3n) is 1.29. The average molecular weight is 505 g/mol. The second-order valence-electron chi connectivity index (χ2n) is 2.03. The maximum absolute atomic E-state index is 10.9. The number of pyridine rings is 1. The largest absolute Gasteiger partial charge is 0.465 e. The Morgan fingerprint density at radius 1 is 1.40 bits per heavy atom. The molecule has 0 aromatic carbocycles. The van der Waals surface area contributed by atoms with Crippen molar-refractivity contribution in [1.82, 2.24) is 4.98 Å². The van der Waals surface area contributed by atoms with Crippen LogP contribution in [0.3, 0.4) is 0 Å². The van der Waals surface area contributed by atoms with E-state index in [0.29, 0.717) is 5.56 Å². The first-order valence-corrected chi connectivity index (χ1v) is 3.20. The molecule has 0 spiro atoms. The van der Waals surface area contributed by atoms with Crippen LogP contribution in [-0.2, 0) is 26.0 Å². The van der Waals surface area contributed by atoms with Crippen LogP contribution in [0.4, 0.5) is 0 Å². The first kappa shape index (κ1) is 21.8. The second kappa shape index (κ2) is 12.0. The summed E-state index contributed by atoms with van der Waals surface area (Å²) >= 11 is 0. The molecule has 15 heavy (non-hydrogen) atoms. The van der Waals surface area contributed by atoms with Crippen LogP contribution in [0, 0.1) is 82.6 Å². The van der Waals surface area contributed by atoms with Crippen molar-refractivity contribution >= 4 is 12.3 Å². The van der Waals surface area contributed by atoms with Crippen LogP contribution in [0.5, 0.6) is 0 Å². The number of hydrogen-bond donors (Lipinski definition) is 0. The fourth-order valence-corrected chi connectivity index (χ4v) is 0.693. The summed E-state index contributed by atoms with van der Waals surface area (Å²) in [4.78, 5) is 24.5. The van der Waals surface area contributed by atoms with Crippen LogP contribution in [0.1, 0.15) is 16.1 Å². The number of hydrogen-bond acceptors (Lipinski definition) is 4. The minimum absolute atomic E-state index is 0. The van der Waals surface area contributed by atoms with Gasteiger partial charge in [-0.25, -0.2) is 4.79 Å². The molecule has 0 bridgehead atoms. The normalized spacial score (nSPS) is 7.27. The molecule has 0 aliphatic heterocycles. The van der Waals surface area contributed by atoms with E-state index in [9.17, 15) is 9.59 Å². The van der Waals surface area contributed by atoms with Crippen molar-refractivity contribution in [3.05, 3.63) is 29.6 Å². The summed E-state index contributed by atoms with van der Waals surface area (Å²) in [6.45, 7) is 0. The fourth-order valence-electron chi connectivity index (χ4n) is 0.693. The standard InChI is InChI=1S/C8H6NO3.Ni.2Pr/c1-12-8(11)6-2-3-7(5-10)9-4-6;;;/h2-4H,1H3;;;/q-1;;;. The molecule has 0 fully saturated rings. The molecule has 78 valence electrons. The van der Waals surface area contributed by atoms with Crippen molar-refractivity contribution in [2.75, 3.05) is 7.11 Å². The van der Waals surface area contributed by atoms with Crippen molar-refractivity contribution < 1.29 is 113 Å². The molecule has 4 nitrogen and oxygen atoms in total. The van der Waals surface area contributed by atoms with Gasteiger partial charge >= 0.3 is 5.97 Å². The molecule has 1 aromatic heterocycles. The zero-order chi connectivity index (χ0) is 8.97. The Balaban J connectivity index is -0.000000480. The molecule has 0 saturated heterocycles. The molecule has 0 aliphatic carbocycles. The van der Waals surface area contributed by atoms with Gasteiger partial charge in [0.15, 0.2) is 0 Å². The van der Waals surface area contributed by atoms with Gasteiger partial charge in [-0.3, -0.25) is 4.98 Å². The van der Waals surface area contributed by atoms with Crippen LogP contribution < -0.4 is 0 Å². The van der Waals surface area contributed by atoms with Gasteiger partial charge in [0, 0.05) is 112 Å². The Kier molecular flexibility index (Phi) is 17.4. The predicted octanol–water partition coefficient (Wildman–Crippen LogP) is 0.323. The van der Waals surface area contributed by atoms with Crippen LogP contribution in [0.25, 0.3) is 0 Å². The van der Waals surface area contributed by atoms with Gasteiger partial charge < -0.3 is 9.53 Å². The number of esters is 1. The zero-order valence-electron chi connectivity index (χ0n) is 7.87. The van der Waals surface area contributed by atoms with Crippen LogP contribution in [0.15, 0.2) is 18.3 Å². The number of carbonyl (C=O) groups excluding carboxylic acids is 2.